The Labute approximate surface area is 167 Å². The van der Waals surface area contributed by atoms with Crippen LogP contribution in [0.15, 0.2) is 34.9 Å². The SMILES string of the molecule is Cc1cc(NC(=O)COC(=O)c2ccc(OCc3c(C)noc3C)cc2)n(C)n1. The average molecular weight is 398 g/mol. The third-order valence-electron chi connectivity index (χ3n) is 4.26. The van der Waals surface area contributed by atoms with E-state index in [0.717, 1.165) is 17.0 Å². The molecule has 9 heteroatoms. The Kier molecular flexibility index (Phi) is 5.96. The number of benzene rings is 1. The Morgan fingerprint density at radius 3 is 2.48 bits per heavy atom. The minimum atomic E-state index is -0.599. The van der Waals surface area contributed by atoms with Gasteiger partial charge in [-0.25, -0.2) is 4.79 Å². The zero-order valence-electron chi connectivity index (χ0n) is 16.7. The monoisotopic (exact) mass is 398 g/mol. The summed E-state index contributed by atoms with van der Waals surface area (Å²) < 4.78 is 17.4. The molecule has 2 heterocycles. The number of aromatic nitrogens is 3. The van der Waals surface area contributed by atoms with Crippen molar-refractivity contribution in [3.8, 4) is 5.75 Å². The summed E-state index contributed by atoms with van der Waals surface area (Å²) in [5.74, 6) is 0.788. The van der Waals surface area contributed by atoms with Crippen molar-refractivity contribution in [3.63, 3.8) is 0 Å². The van der Waals surface area contributed by atoms with Crippen LogP contribution in [0.4, 0.5) is 5.82 Å². The maximum Gasteiger partial charge on any atom is 0.338 e. The summed E-state index contributed by atoms with van der Waals surface area (Å²) >= 11 is 0. The van der Waals surface area contributed by atoms with Gasteiger partial charge in [0.25, 0.3) is 5.91 Å². The van der Waals surface area contributed by atoms with Gasteiger partial charge in [-0.1, -0.05) is 5.16 Å². The smallest absolute Gasteiger partial charge is 0.338 e. The van der Waals surface area contributed by atoms with Crippen LogP contribution in [0.2, 0.25) is 0 Å². The van der Waals surface area contributed by atoms with Gasteiger partial charge >= 0.3 is 5.97 Å². The van der Waals surface area contributed by atoms with Gasteiger partial charge in [0.05, 0.1) is 22.5 Å². The number of nitrogens with one attached hydrogen (secondary N) is 1. The van der Waals surface area contributed by atoms with E-state index >= 15 is 0 Å². The number of hydrogen-bond acceptors (Lipinski definition) is 7. The Bertz CT molecular complexity index is 1000. The summed E-state index contributed by atoms with van der Waals surface area (Å²) in [4.78, 5) is 24.1. The Morgan fingerprint density at radius 2 is 1.90 bits per heavy atom. The third kappa shape index (κ3) is 5.01. The Hall–Kier alpha value is -3.62. The van der Waals surface area contributed by atoms with Gasteiger partial charge in [-0.15, -0.1) is 0 Å². The fourth-order valence-corrected chi connectivity index (χ4v) is 2.67. The van der Waals surface area contributed by atoms with Gasteiger partial charge in [0.2, 0.25) is 0 Å². The van der Waals surface area contributed by atoms with E-state index in [4.69, 9.17) is 14.0 Å². The molecule has 3 aromatic rings. The predicted octanol–water partition coefficient (Wildman–Crippen LogP) is 2.71. The van der Waals surface area contributed by atoms with Crippen molar-refractivity contribution in [1.82, 2.24) is 14.9 Å². The van der Waals surface area contributed by atoms with Crippen LogP contribution in [0.25, 0.3) is 0 Å². The first kappa shape index (κ1) is 20.1. The molecule has 29 heavy (non-hydrogen) atoms. The molecule has 0 aliphatic rings. The van der Waals surface area contributed by atoms with Gasteiger partial charge in [0, 0.05) is 13.1 Å². The molecule has 0 spiro atoms. The highest BCUT2D eigenvalue weighted by Crippen LogP contribution is 2.18. The second-order valence-corrected chi connectivity index (χ2v) is 6.53. The average Bonchev–Trinajstić information content (AvgIpc) is 3.18. The highest BCUT2D eigenvalue weighted by Gasteiger charge is 2.13. The number of amides is 1. The van der Waals surface area contributed by atoms with Crippen molar-refractivity contribution in [2.24, 2.45) is 7.05 Å². The molecule has 1 N–H and O–H groups in total. The predicted molar refractivity (Wildman–Crippen MR) is 104 cm³/mol. The highest BCUT2D eigenvalue weighted by molar-refractivity contribution is 5.95. The molecule has 0 radical (unpaired) electrons. The van der Waals surface area contributed by atoms with E-state index in [9.17, 15) is 9.59 Å². The van der Waals surface area contributed by atoms with Crippen LogP contribution in [-0.2, 0) is 23.2 Å². The van der Waals surface area contributed by atoms with Crippen molar-refractivity contribution >= 4 is 17.7 Å². The van der Waals surface area contributed by atoms with E-state index in [1.165, 1.54) is 4.68 Å². The van der Waals surface area contributed by atoms with E-state index in [2.05, 4.69) is 15.6 Å². The second-order valence-electron chi connectivity index (χ2n) is 6.53. The maximum absolute atomic E-state index is 12.1. The molecule has 3 rings (SSSR count). The molecule has 1 aromatic carbocycles. The van der Waals surface area contributed by atoms with E-state index in [0.29, 0.717) is 29.5 Å². The van der Waals surface area contributed by atoms with Crippen LogP contribution in [0.3, 0.4) is 0 Å². The van der Waals surface area contributed by atoms with Gasteiger partial charge in [-0.3, -0.25) is 9.48 Å². The van der Waals surface area contributed by atoms with E-state index in [1.54, 1.807) is 37.4 Å². The molecule has 152 valence electrons. The molecule has 0 aliphatic carbocycles. The van der Waals surface area contributed by atoms with Gasteiger partial charge in [0.15, 0.2) is 6.61 Å². The number of aryl methyl sites for hydroxylation is 4. The van der Waals surface area contributed by atoms with Gasteiger partial charge in [0.1, 0.15) is 23.9 Å². The maximum atomic E-state index is 12.1. The first-order valence-corrected chi connectivity index (χ1v) is 8.95. The van der Waals surface area contributed by atoms with E-state index in [1.807, 2.05) is 20.8 Å². The first-order valence-electron chi connectivity index (χ1n) is 8.95. The molecule has 2 aromatic heterocycles. The Morgan fingerprint density at radius 1 is 1.17 bits per heavy atom. The summed E-state index contributed by atoms with van der Waals surface area (Å²) in [6, 6.07) is 8.20. The van der Waals surface area contributed by atoms with E-state index in [-0.39, 0.29) is 0 Å². The number of carbonyl (C=O) groups is 2. The number of anilines is 1. The number of carbonyl (C=O) groups excluding carboxylic acids is 2. The lowest BCUT2D eigenvalue weighted by Crippen LogP contribution is -2.22. The number of rotatable bonds is 7. The van der Waals surface area contributed by atoms with Crippen molar-refractivity contribution in [1.29, 1.82) is 0 Å². The minimum absolute atomic E-state index is 0.318. The number of esters is 1. The zero-order chi connectivity index (χ0) is 21.0. The summed E-state index contributed by atoms with van der Waals surface area (Å²) in [5.41, 5.74) is 2.76. The van der Waals surface area contributed by atoms with Crippen LogP contribution in [-0.4, -0.2) is 33.4 Å². The molecule has 9 nitrogen and oxygen atoms in total. The van der Waals surface area contributed by atoms with Crippen LogP contribution < -0.4 is 10.1 Å². The molecule has 0 fully saturated rings. The molecule has 0 unspecified atom stereocenters. The second kappa shape index (κ2) is 8.59. The van der Waals surface area contributed by atoms with Crippen LogP contribution >= 0.6 is 0 Å². The third-order valence-corrected chi connectivity index (χ3v) is 4.26. The molecule has 0 atom stereocenters. The lowest BCUT2D eigenvalue weighted by Gasteiger charge is -2.08. The minimum Gasteiger partial charge on any atom is -0.489 e. The van der Waals surface area contributed by atoms with Crippen molar-refractivity contribution in [2.45, 2.75) is 27.4 Å². The fraction of sp³-hybridized carbons (Fsp3) is 0.300. The highest BCUT2D eigenvalue weighted by atomic mass is 16.5. The lowest BCUT2D eigenvalue weighted by atomic mass is 10.2. The summed E-state index contributed by atoms with van der Waals surface area (Å²) in [6.45, 7) is 5.41. The first-order chi connectivity index (χ1) is 13.8. The van der Waals surface area contributed by atoms with E-state index < -0.39 is 18.5 Å². The molecule has 0 saturated carbocycles. The molecular weight excluding hydrogens is 376 g/mol. The summed E-state index contributed by atoms with van der Waals surface area (Å²) in [6.07, 6.45) is 0. The topological polar surface area (TPSA) is 108 Å². The Balaban J connectivity index is 1.49. The largest absolute Gasteiger partial charge is 0.489 e. The van der Waals surface area contributed by atoms with Crippen LogP contribution in [0.1, 0.15) is 33.1 Å². The molecule has 0 saturated heterocycles. The number of ether oxygens (including phenoxy) is 2. The molecule has 0 aliphatic heterocycles. The standard InChI is InChI=1S/C20H22N4O5/c1-12-9-18(24(4)22-12)21-19(25)11-28-20(26)15-5-7-16(8-6-15)27-10-17-13(2)23-29-14(17)3/h5-9H,10-11H2,1-4H3,(H,21,25). The lowest BCUT2D eigenvalue weighted by molar-refractivity contribution is -0.119. The summed E-state index contributed by atoms with van der Waals surface area (Å²) in [5, 5.41) is 10.6. The van der Waals surface area contributed by atoms with Crippen molar-refractivity contribution < 1.29 is 23.6 Å². The number of nitrogens with zero attached hydrogens (tertiary/aromatic N) is 3. The van der Waals surface area contributed by atoms with Gasteiger partial charge in [-0.05, 0) is 45.0 Å². The van der Waals surface area contributed by atoms with Crippen molar-refractivity contribution in [3.05, 3.63) is 58.6 Å². The van der Waals surface area contributed by atoms with Crippen LogP contribution in [0.5, 0.6) is 5.75 Å². The van der Waals surface area contributed by atoms with Gasteiger partial charge in [-0.2, -0.15) is 5.10 Å². The normalized spacial score (nSPS) is 10.6. The molecule has 1 amide bonds. The van der Waals surface area contributed by atoms with Crippen molar-refractivity contribution in [2.75, 3.05) is 11.9 Å². The fourth-order valence-electron chi connectivity index (χ4n) is 2.67. The van der Waals surface area contributed by atoms with Crippen LogP contribution in [0, 0.1) is 20.8 Å². The summed E-state index contributed by atoms with van der Waals surface area (Å²) in [7, 11) is 1.71. The molecule has 0 bridgehead atoms. The van der Waals surface area contributed by atoms with Gasteiger partial charge < -0.3 is 19.3 Å². The quantitative estimate of drug-likeness (QED) is 0.610. The zero-order valence-corrected chi connectivity index (χ0v) is 16.7. The molecular formula is C20H22N4O5. The number of hydrogen-bond donors (Lipinski definition) is 1.